The average molecular weight is 562 g/mol. The number of furan rings is 1. The van der Waals surface area contributed by atoms with Crippen LogP contribution in [-0.2, 0) is 0 Å². The van der Waals surface area contributed by atoms with Crippen molar-refractivity contribution in [2.75, 3.05) is 4.90 Å². The monoisotopic (exact) mass is 561 g/mol. The number of benzene rings is 8. The molecule has 9 rings (SSSR count). The summed E-state index contributed by atoms with van der Waals surface area (Å²) in [4.78, 5) is 2.32. The van der Waals surface area contributed by atoms with Crippen LogP contribution >= 0.6 is 0 Å². The lowest BCUT2D eigenvalue weighted by Crippen LogP contribution is -2.10. The molecule has 1 aromatic heterocycles. The summed E-state index contributed by atoms with van der Waals surface area (Å²) in [6.07, 6.45) is 0. The number of rotatable bonds is 4. The largest absolute Gasteiger partial charge is 0.454 e. The number of fused-ring (bicyclic) bond motifs is 8. The van der Waals surface area contributed by atoms with Gasteiger partial charge in [0.25, 0.3) is 0 Å². The van der Waals surface area contributed by atoms with Crippen LogP contribution in [0.1, 0.15) is 0 Å². The maximum absolute atomic E-state index is 6.66. The fourth-order valence-corrected chi connectivity index (χ4v) is 6.81. The van der Waals surface area contributed by atoms with Gasteiger partial charge in [0.1, 0.15) is 5.58 Å². The third-order valence-electron chi connectivity index (χ3n) is 8.81. The predicted molar refractivity (Wildman–Crippen MR) is 186 cm³/mol. The van der Waals surface area contributed by atoms with E-state index in [1.807, 2.05) is 6.07 Å². The van der Waals surface area contributed by atoms with Gasteiger partial charge in [0.05, 0.1) is 5.69 Å². The molecule has 44 heavy (non-hydrogen) atoms. The Morgan fingerprint density at radius 2 is 0.977 bits per heavy atom. The van der Waals surface area contributed by atoms with E-state index in [0.717, 1.165) is 39.0 Å². The average Bonchev–Trinajstić information content (AvgIpc) is 3.49. The molecule has 0 saturated heterocycles. The summed E-state index contributed by atoms with van der Waals surface area (Å²) in [5.74, 6) is 0. The molecule has 2 heteroatoms. The number of para-hydroxylation sites is 2. The minimum Gasteiger partial charge on any atom is -0.454 e. The zero-order chi connectivity index (χ0) is 29.0. The molecule has 0 bridgehead atoms. The lowest BCUT2D eigenvalue weighted by Gasteiger charge is -2.26. The van der Waals surface area contributed by atoms with Crippen LogP contribution in [0.25, 0.3) is 65.4 Å². The Morgan fingerprint density at radius 3 is 1.75 bits per heavy atom. The summed E-state index contributed by atoms with van der Waals surface area (Å²) in [5.41, 5.74) is 7.38. The molecule has 0 fully saturated rings. The van der Waals surface area contributed by atoms with Crippen LogP contribution in [0.4, 0.5) is 17.1 Å². The first-order valence-electron chi connectivity index (χ1n) is 15.0. The summed E-state index contributed by atoms with van der Waals surface area (Å²) >= 11 is 0. The molecule has 8 aromatic carbocycles. The summed E-state index contributed by atoms with van der Waals surface area (Å²) < 4.78 is 6.66. The van der Waals surface area contributed by atoms with Gasteiger partial charge in [-0.3, -0.25) is 0 Å². The molecular formula is C42H27NO. The van der Waals surface area contributed by atoms with Crippen molar-refractivity contribution in [3.05, 3.63) is 164 Å². The Balaban J connectivity index is 1.27. The third kappa shape index (κ3) is 3.82. The van der Waals surface area contributed by atoms with Crippen molar-refractivity contribution >= 4 is 71.3 Å². The maximum atomic E-state index is 6.66. The second-order valence-corrected chi connectivity index (χ2v) is 11.3. The third-order valence-corrected chi connectivity index (χ3v) is 8.81. The van der Waals surface area contributed by atoms with Crippen molar-refractivity contribution in [3.63, 3.8) is 0 Å². The van der Waals surface area contributed by atoms with Gasteiger partial charge in [-0.15, -0.1) is 0 Å². The molecule has 0 unspecified atom stereocenters. The number of hydrogen-bond donors (Lipinski definition) is 0. The van der Waals surface area contributed by atoms with Crippen LogP contribution in [0.5, 0.6) is 0 Å². The predicted octanol–water partition coefficient (Wildman–Crippen LogP) is 12.2. The number of anilines is 3. The van der Waals surface area contributed by atoms with Crippen LogP contribution in [0, 0.1) is 0 Å². The molecule has 9 aromatic rings. The zero-order valence-electron chi connectivity index (χ0n) is 23.9. The van der Waals surface area contributed by atoms with Gasteiger partial charge in [0.2, 0.25) is 0 Å². The van der Waals surface area contributed by atoms with E-state index in [1.165, 1.54) is 43.4 Å². The second-order valence-electron chi connectivity index (χ2n) is 11.3. The van der Waals surface area contributed by atoms with Crippen molar-refractivity contribution in [1.29, 1.82) is 0 Å². The lowest BCUT2D eigenvalue weighted by molar-refractivity contribution is 0.669. The Hall–Kier alpha value is -5.86. The van der Waals surface area contributed by atoms with Crippen molar-refractivity contribution in [2.45, 2.75) is 0 Å². The van der Waals surface area contributed by atoms with Crippen LogP contribution < -0.4 is 4.90 Å². The van der Waals surface area contributed by atoms with Gasteiger partial charge in [-0.25, -0.2) is 0 Å². The standard InChI is InChI=1S/C42H27NO/c1-2-14-31(15-3-1)43(39-27-30-13-5-7-17-34(30)41-37-20-10-11-21-40(37)44-42(39)41)32-24-22-28(23-25-32)38-26-29-12-4-6-16-33(29)35-18-8-9-19-36(35)38/h1-27H. The van der Waals surface area contributed by atoms with Gasteiger partial charge >= 0.3 is 0 Å². The van der Waals surface area contributed by atoms with Crippen LogP contribution in [0.2, 0.25) is 0 Å². The molecule has 0 radical (unpaired) electrons. The molecular weight excluding hydrogens is 534 g/mol. The molecule has 0 aliphatic rings. The second kappa shape index (κ2) is 9.86. The summed E-state index contributed by atoms with van der Waals surface area (Å²) in [5, 5.41) is 9.73. The topological polar surface area (TPSA) is 16.4 Å². The van der Waals surface area contributed by atoms with E-state index in [-0.39, 0.29) is 0 Å². The van der Waals surface area contributed by atoms with E-state index in [2.05, 4.69) is 163 Å². The highest BCUT2D eigenvalue weighted by molar-refractivity contribution is 6.23. The molecule has 0 aliphatic carbocycles. The van der Waals surface area contributed by atoms with E-state index in [9.17, 15) is 0 Å². The van der Waals surface area contributed by atoms with Gasteiger partial charge in [-0.2, -0.15) is 0 Å². The molecule has 2 nitrogen and oxygen atoms in total. The van der Waals surface area contributed by atoms with Gasteiger partial charge in [-0.05, 0) is 85.9 Å². The van der Waals surface area contributed by atoms with Gasteiger partial charge in [0, 0.05) is 22.1 Å². The van der Waals surface area contributed by atoms with E-state index >= 15 is 0 Å². The Bertz CT molecular complexity index is 2490. The lowest BCUT2D eigenvalue weighted by atomic mass is 9.93. The van der Waals surface area contributed by atoms with Crippen LogP contribution in [0.3, 0.4) is 0 Å². The first kappa shape index (κ1) is 24.7. The highest BCUT2D eigenvalue weighted by atomic mass is 16.3. The highest BCUT2D eigenvalue weighted by Crippen LogP contribution is 2.46. The number of hydrogen-bond acceptors (Lipinski definition) is 2. The van der Waals surface area contributed by atoms with Gasteiger partial charge < -0.3 is 9.32 Å². The smallest absolute Gasteiger partial charge is 0.160 e. The molecule has 1 heterocycles. The molecule has 206 valence electrons. The SMILES string of the molecule is c1ccc(N(c2ccc(-c3cc4ccccc4c4ccccc34)cc2)c2cc3ccccc3c3c2oc2ccccc23)cc1. The van der Waals surface area contributed by atoms with Crippen LogP contribution in [-0.4, -0.2) is 0 Å². The van der Waals surface area contributed by atoms with E-state index in [0.29, 0.717) is 0 Å². The Kier molecular flexibility index (Phi) is 5.54. The molecule has 0 saturated carbocycles. The van der Waals surface area contributed by atoms with Crippen molar-refractivity contribution in [1.82, 2.24) is 0 Å². The molecule has 0 N–H and O–H groups in total. The first-order chi connectivity index (χ1) is 21.8. The first-order valence-corrected chi connectivity index (χ1v) is 15.0. The molecule has 0 aliphatic heterocycles. The fraction of sp³-hybridized carbons (Fsp3) is 0. The van der Waals surface area contributed by atoms with E-state index in [4.69, 9.17) is 4.42 Å². The Labute approximate surface area is 255 Å². The van der Waals surface area contributed by atoms with Gasteiger partial charge in [-0.1, -0.05) is 121 Å². The summed E-state index contributed by atoms with van der Waals surface area (Å²) in [6.45, 7) is 0. The molecule has 0 atom stereocenters. The minimum atomic E-state index is 0.887. The number of nitrogens with zero attached hydrogens (tertiary/aromatic N) is 1. The van der Waals surface area contributed by atoms with Crippen molar-refractivity contribution in [2.24, 2.45) is 0 Å². The van der Waals surface area contributed by atoms with Crippen molar-refractivity contribution < 1.29 is 4.42 Å². The van der Waals surface area contributed by atoms with E-state index < -0.39 is 0 Å². The molecule has 0 amide bonds. The maximum Gasteiger partial charge on any atom is 0.160 e. The van der Waals surface area contributed by atoms with Crippen LogP contribution in [0.15, 0.2) is 168 Å². The summed E-state index contributed by atoms with van der Waals surface area (Å²) in [6, 6.07) is 58.4. The Morgan fingerprint density at radius 1 is 0.409 bits per heavy atom. The molecule has 0 spiro atoms. The highest BCUT2D eigenvalue weighted by Gasteiger charge is 2.21. The zero-order valence-corrected chi connectivity index (χ0v) is 23.9. The quantitative estimate of drug-likeness (QED) is 0.199. The minimum absolute atomic E-state index is 0.887. The fourth-order valence-electron chi connectivity index (χ4n) is 6.81. The van der Waals surface area contributed by atoms with Crippen molar-refractivity contribution in [3.8, 4) is 11.1 Å². The summed E-state index contributed by atoms with van der Waals surface area (Å²) in [7, 11) is 0. The van der Waals surface area contributed by atoms with E-state index in [1.54, 1.807) is 0 Å². The van der Waals surface area contributed by atoms with Gasteiger partial charge in [0.15, 0.2) is 5.58 Å². The normalized spacial score (nSPS) is 11.6.